The number of aryl methyl sites for hydroxylation is 1. The number of nitrogens with zero attached hydrogens (tertiary/aromatic N) is 2. The minimum Gasteiger partial charge on any atom is -0.335 e. The lowest BCUT2D eigenvalue weighted by molar-refractivity contribution is -0.121. The van der Waals surface area contributed by atoms with Gasteiger partial charge in [-0.3, -0.25) is 14.5 Å². The summed E-state index contributed by atoms with van der Waals surface area (Å²) in [6.07, 6.45) is 0. The highest BCUT2D eigenvalue weighted by Crippen LogP contribution is 2.17. The quantitative estimate of drug-likeness (QED) is 0.915. The number of thiophene rings is 1. The van der Waals surface area contributed by atoms with Crippen LogP contribution in [0.25, 0.3) is 0 Å². The number of hydrogen-bond acceptors (Lipinski definition) is 4. The van der Waals surface area contributed by atoms with Crippen LogP contribution in [0.1, 0.15) is 22.2 Å². The third kappa shape index (κ3) is 4.08. The average Bonchev–Trinajstić information content (AvgIpc) is 3.17. The number of carbonyl (C=O) groups is 2. The van der Waals surface area contributed by atoms with Gasteiger partial charge in [-0.05, 0) is 36.9 Å². The molecule has 1 atom stereocenters. The van der Waals surface area contributed by atoms with Crippen LogP contribution in [0, 0.1) is 6.92 Å². The molecule has 0 unspecified atom stereocenters. The van der Waals surface area contributed by atoms with Crippen LogP contribution in [0.4, 0.5) is 5.69 Å². The van der Waals surface area contributed by atoms with Gasteiger partial charge in [0.25, 0.3) is 5.91 Å². The Labute approximate surface area is 152 Å². The molecular formula is C19H23N3O2S. The molecule has 6 heteroatoms. The molecule has 5 nitrogen and oxygen atoms in total. The minimum absolute atomic E-state index is 0.00710. The van der Waals surface area contributed by atoms with Crippen molar-refractivity contribution < 1.29 is 9.59 Å². The lowest BCUT2D eigenvalue weighted by atomic mass is 10.1. The highest BCUT2D eigenvalue weighted by molar-refractivity contribution is 7.12. The molecule has 0 aliphatic carbocycles. The van der Waals surface area contributed by atoms with Crippen LogP contribution in [0.2, 0.25) is 0 Å². The number of anilines is 1. The monoisotopic (exact) mass is 357 g/mol. The van der Waals surface area contributed by atoms with Crippen molar-refractivity contribution in [2.45, 2.75) is 19.9 Å². The van der Waals surface area contributed by atoms with E-state index in [2.05, 4.69) is 10.2 Å². The lowest BCUT2D eigenvalue weighted by Crippen LogP contribution is -2.54. The van der Waals surface area contributed by atoms with Crippen molar-refractivity contribution in [3.8, 4) is 0 Å². The predicted molar refractivity (Wildman–Crippen MR) is 101 cm³/mol. The molecule has 25 heavy (non-hydrogen) atoms. The Morgan fingerprint density at radius 2 is 1.80 bits per heavy atom. The Morgan fingerprint density at radius 1 is 1.08 bits per heavy atom. The van der Waals surface area contributed by atoms with Gasteiger partial charge in [0.2, 0.25) is 5.91 Å². The van der Waals surface area contributed by atoms with E-state index in [1.54, 1.807) is 0 Å². The first kappa shape index (κ1) is 17.6. The van der Waals surface area contributed by atoms with Crippen molar-refractivity contribution >= 4 is 28.8 Å². The maximum absolute atomic E-state index is 12.5. The predicted octanol–water partition coefficient (Wildman–Crippen LogP) is 2.84. The zero-order valence-corrected chi connectivity index (χ0v) is 15.4. The first-order chi connectivity index (χ1) is 12.1. The van der Waals surface area contributed by atoms with Crippen molar-refractivity contribution in [3.05, 3.63) is 52.2 Å². The number of carbonyl (C=O) groups excluding carboxylic acids is 2. The van der Waals surface area contributed by atoms with Crippen molar-refractivity contribution in [1.82, 2.24) is 9.80 Å². The van der Waals surface area contributed by atoms with E-state index >= 15 is 0 Å². The molecule has 1 aliphatic rings. The van der Waals surface area contributed by atoms with Crippen LogP contribution in [0.5, 0.6) is 0 Å². The Hall–Kier alpha value is -2.18. The molecule has 2 aromatic rings. The molecule has 1 N–H and O–H groups in total. The molecule has 1 aromatic carbocycles. The van der Waals surface area contributed by atoms with Crippen molar-refractivity contribution in [2.24, 2.45) is 0 Å². The molecule has 2 amide bonds. The maximum Gasteiger partial charge on any atom is 0.264 e. The van der Waals surface area contributed by atoms with Crippen LogP contribution < -0.4 is 5.32 Å². The lowest BCUT2D eigenvalue weighted by Gasteiger charge is -2.37. The van der Waals surface area contributed by atoms with Crippen LogP contribution in [0.3, 0.4) is 0 Å². The Kier molecular flexibility index (Phi) is 5.50. The summed E-state index contributed by atoms with van der Waals surface area (Å²) in [4.78, 5) is 29.7. The number of rotatable bonds is 4. The Balaban J connectivity index is 1.54. The zero-order chi connectivity index (χ0) is 17.8. The van der Waals surface area contributed by atoms with E-state index in [-0.39, 0.29) is 17.9 Å². The fourth-order valence-corrected chi connectivity index (χ4v) is 3.68. The van der Waals surface area contributed by atoms with E-state index in [9.17, 15) is 9.59 Å². The molecule has 132 valence electrons. The van der Waals surface area contributed by atoms with E-state index in [4.69, 9.17) is 0 Å². The first-order valence-electron chi connectivity index (χ1n) is 8.49. The summed E-state index contributed by atoms with van der Waals surface area (Å²) < 4.78 is 0. The van der Waals surface area contributed by atoms with Gasteiger partial charge in [0.15, 0.2) is 0 Å². The van der Waals surface area contributed by atoms with Crippen molar-refractivity contribution in [3.63, 3.8) is 0 Å². The van der Waals surface area contributed by atoms with Crippen LogP contribution in [0.15, 0.2) is 41.8 Å². The average molecular weight is 357 g/mol. The van der Waals surface area contributed by atoms with E-state index in [0.717, 1.165) is 16.1 Å². The maximum atomic E-state index is 12.5. The van der Waals surface area contributed by atoms with Crippen LogP contribution in [-0.4, -0.2) is 53.8 Å². The molecular weight excluding hydrogens is 334 g/mol. The highest BCUT2D eigenvalue weighted by Gasteiger charge is 2.28. The third-order valence-electron chi connectivity index (χ3n) is 4.66. The largest absolute Gasteiger partial charge is 0.335 e. The number of nitrogens with one attached hydrogen (secondary N) is 1. The normalized spacial score (nSPS) is 16.5. The molecule has 1 aromatic heterocycles. The summed E-state index contributed by atoms with van der Waals surface area (Å²) in [7, 11) is 0. The summed E-state index contributed by atoms with van der Waals surface area (Å²) in [5.74, 6) is 0.0824. The van der Waals surface area contributed by atoms with Crippen molar-refractivity contribution in [2.75, 3.05) is 31.5 Å². The molecule has 0 saturated carbocycles. The number of piperazine rings is 1. The van der Waals surface area contributed by atoms with E-state index in [0.29, 0.717) is 26.2 Å². The second-order valence-electron chi connectivity index (χ2n) is 6.29. The Morgan fingerprint density at radius 3 is 2.44 bits per heavy atom. The fraction of sp³-hybridized carbons (Fsp3) is 0.368. The van der Waals surface area contributed by atoms with Crippen LogP contribution >= 0.6 is 11.3 Å². The second kappa shape index (κ2) is 7.80. The number of para-hydroxylation sites is 1. The third-order valence-corrected chi connectivity index (χ3v) is 5.52. The smallest absolute Gasteiger partial charge is 0.264 e. The van der Waals surface area contributed by atoms with Gasteiger partial charge in [-0.15, -0.1) is 11.3 Å². The van der Waals surface area contributed by atoms with Crippen LogP contribution in [-0.2, 0) is 4.79 Å². The molecule has 1 saturated heterocycles. The van der Waals surface area contributed by atoms with Gasteiger partial charge in [0.05, 0.1) is 10.9 Å². The van der Waals surface area contributed by atoms with Gasteiger partial charge in [0.1, 0.15) is 0 Å². The molecule has 1 fully saturated rings. The standard InChI is InChI=1S/C19H23N3O2S/c1-14-6-3-4-7-16(14)20-18(23)15(2)21-9-11-22(12-10-21)19(24)17-8-5-13-25-17/h3-8,13,15H,9-12H2,1-2H3,(H,20,23)/t15-/m0/s1. The minimum atomic E-state index is -0.224. The SMILES string of the molecule is Cc1ccccc1NC(=O)[C@H](C)N1CCN(C(=O)c2cccs2)CC1. The summed E-state index contributed by atoms with van der Waals surface area (Å²) in [5, 5.41) is 4.92. The number of amides is 2. The molecule has 0 radical (unpaired) electrons. The summed E-state index contributed by atoms with van der Waals surface area (Å²) in [6.45, 7) is 6.62. The van der Waals surface area contributed by atoms with Crippen molar-refractivity contribution in [1.29, 1.82) is 0 Å². The van der Waals surface area contributed by atoms with Gasteiger partial charge in [-0.1, -0.05) is 24.3 Å². The second-order valence-corrected chi connectivity index (χ2v) is 7.23. The van der Waals surface area contributed by atoms with Gasteiger partial charge in [0, 0.05) is 31.9 Å². The Bertz CT molecular complexity index is 737. The summed E-state index contributed by atoms with van der Waals surface area (Å²) in [5.41, 5.74) is 1.90. The molecule has 0 spiro atoms. The van der Waals surface area contributed by atoms with Gasteiger partial charge < -0.3 is 10.2 Å². The fourth-order valence-electron chi connectivity index (χ4n) is 2.98. The molecule has 1 aliphatic heterocycles. The molecule has 3 rings (SSSR count). The van der Waals surface area contributed by atoms with E-state index in [1.165, 1.54) is 11.3 Å². The number of benzene rings is 1. The van der Waals surface area contributed by atoms with Gasteiger partial charge in [-0.25, -0.2) is 0 Å². The number of hydrogen-bond donors (Lipinski definition) is 1. The van der Waals surface area contributed by atoms with E-state index in [1.807, 2.05) is 60.5 Å². The summed E-state index contributed by atoms with van der Waals surface area (Å²) >= 11 is 1.47. The van der Waals surface area contributed by atoms with Gasteiger partial charge >= 0.3 is 0 Å². The topological polar surface area (TPSA) is 52.7 Å². The molecule has 0 bridgehead atoms. The zero-order valence-electron chi connectivity index (χ0n) is 14.6. The summed E-state index contributed by atoms with van der Waals surface area (Å²) in [6, 6.07) is 11.3. The first-order valence-corrected chi connectivity index (χ1v) is 9.37. The molecule has 2 heterocycles. The highest BCUT2D eigenvalue weighted by atomic mass is 32.1. The van der Waals surface area contributed by atoms with E-state index < -0.39 is 0 Å². The van der Waals surface area contributed by atoms with Gasteiger partial charge in [-0.2, -0.15) is 0 Å².